The van der Waals surface area contributed by atoms with Crippen molar-refractivity contribution in [3.05, 3.63) is 54.6 Å². The molecule has 3 nitrogen and oxygen atoms in total. The Morgan fingerprint density at radius 2 is 1.80 bits per heavy atom. The summed E-state index contributed by atoms with van der Waals surface area (Å²) in [6.07, 6.45) is 3.98. The Morgan fingerprint density at radius 1 is 1.13 bits per heavy atom. The van der Waals surface area contributed by atoms with Gasteiger partial charge >= 0.3 is 0 Å². The van der Waals surface area contributed by atoms with E-state index >= 15 is 0 Å². The van der Waals surface area contributed by atoms with Gasteiger partial charge in [-0.1, -0.05) is 36.9 Å². The highest BCUT2D eigenvalue weighted by Gasteiger charge is 1.98. The first kappa shape index (κ1) is 10.9. The number of benzene rings is 1. The van der Waals surface area contributed by atoms with Crippen molar-refractivity contribution in [3.63, 3.8) is 0 Å². The van der Waals surface area contributed by atoms with Crippen LogP contribution in [-0.2, 0) is 9.59 Å². The van der Waals surface area contributed by atoms with Crippen LogP contribution in [0.1, 0.15) is 5.56 Å². The molecule has 1 aromatic rings. The first-order valence-corrected chi connectivity index (χ1v) is 4.43. The maximum Gasteiger partial charge on any atom is 0.250 e. The third-order valence-corrected chi connectivity index (χ3v) is 1.66. The summed E-state index contributed by atoms with van der Waals surface area (Å²) in [5.74, 6) is -0.957. The average molecular weight is 201 g/mol. The molecule has 0 radical (unpaired) electrons. The topological polar surface area (TPSA) is 46.2 Å². The molecule has 0 unspecified atom stereocenters. The van der Waals surface area contributed by atoms with Crippen molar-refractivity contribution in [3.8, 4) is 0 Å². The monoisotopic (exact) mass is 201 g/mol. The van der Waals surface area contributed by atoms with Crippen LogP contribution in [0.4, 0.5) is 0 Å². The van der Waals surface area contributed by atoms with Crippen molar-refractivity contribution < 1.29 is 9.59 Å². The molecule has 0 spiro atoms. The molecule has 0 fully saturated rings. The number of carbonyl (C=O) groups excluding carboxylic acids is 2. The van der Waals surface area contributed by atoms with Gasteiger partial charge in [0.25, 0.3) is 5.91 Å². The fourth-order valence-electron chi connectivity index (χ4n) is 0.950. The lowest BCUT2D eigenvalue weighted by Crippen LogP contribution is -2.26. The minimum atomic E-state index is -0.502. The fourth-order valence-corrected chi connectivity index (χ4v) is 0.950. The second-order valence-electron chi connectivity index (χ2n) is 2.80. The number of rotatable bonds is 3. The molecule has 0 aliphatic heterocycles. The lowest BCUT2D eigenvalue weighted by molar-refractivity contribution is -0.125. The maximum absolute atomic E-state index is 11.1. The number of imide groups is 1. The molecule has 0 aliphatic carbocycles. The highest BCUT2D eigenvalue weighted by atomic mass is 16.2. The Labute approximate surface area is 88.1 Å². The van der Waals surface area contributed by atoms with Crippen LogP contribution in [-0.4, -0.2) is 11.8 Å². The van der Waals surface area contributed by atoms with Gasteiger partial charge in [-0.25, -0.2) is 0 Å². The zero-order valence-electron chi connectivity index (χ0n) is 8.14. The lowest BCUT2D eigenvalue weighted by Gasteiger charge is -1.94. The van der Waals surface area contributed by atoms with Crippen LogP contribution in [0, 0.1) is 0 Å². The Balaban J connectivity index is 2.55. The van der Waals surface area contributed by atoms with Gasteiger partial charge in [0.1, 0.15) is 0 Å². The minimum Gasteiger partial charge on any atom is -0.289 e. The van der Waals surface area contributed by atoms with Crippen LogP contribution in [0.2, 0.25) is 0 Å². The number of hydrogen-bond donors (Lipinski definition) is 1. The lowest BCUT2D eigenvalue weighted by atomic mass is 10.2. The molecule has 0 aromatic heterocycles. The van der Waals surface area contributed by atoms with Crippen LogP contribution < -0.4 is 5.32 Å². The minimum absolute atomic E-state index is 0.455. The summed E-state index contributed by atoms with van der Waals surface area (Å²) >= 11 is 0. The Bertz CT molecular complexity index is 393. The fraction of sp³-hybridized carbons (Fsp3) is 0. The first-order chi connectivity index (χ1) is 7.22. The van der Waals surface area contributed by atoms with Gasteiger partial charge in [0.2, 0.25) is 5.91 Å². The SMILES string of the molecule is C=CC(=O)NC(=O)C=Cc1ccccc1. The second kappa shape index (κ2) is 5.54. The van der Waals surface area contributed by atoms with Crippen molar-refractivity contribution in [2.45, 2.75) is 0 Å². The van der Waals surface area contributed by atoms with Crippen LogP contribution >= 0.6 is 0 Å². The van der Waals surface area contributed by atoms with Gasteiger partial charge in [-0.3, -0.25) is 14.9 Å². The Kier molecular flexibility index (Phi) is 4.04. The van der Waals surface area contributed by atoms with Crippen molar-refractivity contribution in [1.82, 2.24) is 5.32 Å². The summed E-state index contributed by atoms with van der Waals surface area (Å²) in [5.41, 5.74) is 0.902. The molecule has 1 N–H and O–H groups in total. The van der Waals surface area contributed by atoms with Crippen molar-refractivity contribution >= 4 is 17.9 Å². The van der Waals surface area contributed by atoms with Gasteiger partial charge in [-0.2, -0.15) is 0 Å². The zero-order valence-corrected chi connectivity index (χ0v) is 8.14. The molecule has 0 aliphatic rings. The smallest absolute Gasteiger partial charge is 0.250 e. The van der Waals surface area contributed by atoms with E-state index in [2.05, 4.69) is 11.9 Å². The van der Waals surface area contributed by atoms with Crippen molar-refractivity contribution in [1.29, 1.82) is 0 Å². The summed E-state index contributed by atoms with van der Waals surface area (Å²) in [6.45, 7) is 3.24. The van der Waals surface area contributed by atoms with E-state index in [9.17, 15) is 9.59 Å². The molecule has 0 bridgehead atoms. The van der Waals surface area contributed by atoms with Gasteiger partial charge in [-0.05, 0) is 17.7 Å². The van der Waals surface area contributed by atoms with E-state index in [1.807, 2.05) is 30.3 Å². The van der Waals surface area contributed by atoms with E-state index in [4.69, 9.17) is 0 Å². The largest absolute Gasteiger partial charge is 0.289 e. The molecular weight excluding hydrogens is 190 g/mol. The van der Waals surface area contributed by atoms with Crippen molar-refractivity contribution in [2.24, 2.45) is 0 Å². The molecule has 0 atom stereocenters. The quantitative estimate of drug-likeness (QED) is 0.754. The predicted octanol–water partition coefficient (Wildman–Crippen LogP) is 1.53. The second-order valence-corrected chi connectivity index (χ2v) is 2.80. The highest BCUT2D eigenvalue weighted by Crippen LogP contribution is 2.00. The summed E-state index contributed by atoms with van der Waals surface area (Å²) < 4.78 is 0. The molecule has 0 saturated carbocycles. The van der Waals surface area contributed by atoms with Crippen LogP contribution in [0.25, 0.3) is 6.08 Å². The van der Waals surface area contributed by atoms with E-state index in [1.165, 1.54) is 6.08 Å². The summed E-state index contributed by atoms with van der Waals surface area (Å²) in [5, 5.41) is 2.12. The third kappa shape index (κ3) is 4.04. The number of amides is 2. The molecule has 1 rings (SSSR count). The van der Waals surface area contributed by atoms with Gasteiger partial charge in [-0.15, -0.1) is 0 Å². The summed E-state index contributed by atoms with van der Waals surface area (Å²) in [6, 6.07) is 9.34. The number of carbonyl (C=O) groups is 2. The van der Waals surface area contributed by atoms with Gasteiger partial charge in [0, 0.05) is 6.08 Å². The molecule has 15 heavy (non-hydrogen) atoms. The van der Waals surface area contributed by atoms with E-state index in [0.717, 1.165) is 11.6 Å². The third-order valence-electron chi connectivity index (χ3n) is 1.66. The van der Waals surface area contributed by atoms with Gasteiger partial charge < -0.3 is 0 Å². The molecular formula is C12H11NO2. The highest BCUT2D eigenvalue weighted by molar-refractivity contribution is 6.06. The molecule has 0 heterocycles. The van der Waals surface area contributed by atoms with E-state index in [-0.39, 0.29) is 0 Å². The van der Waals surface area contributed by atoms with Crippen LogP contribution in [0.3, 0.4) is 0 Å². The standard InChI is InChI=1S/C12H11NO2/c1-2-11(14)13-12(15)9-8-10-6-4-3-5-7-10/h2-9H,1H2,(H,13,14,15). The number of hydrogen-bond acceptors (Lipinski definition) is 2. The zero-order chi connectivity index (χ0) is 11.1. The Hall–Kier alpha value is -2.16. The predicted molar refractivity (Wildman–Crippen MR) is 58.8 cm³/mol. The first-order valence-electron chi connectivity index (χ1n) is 4.43. The van der Waals surface area contributed by atoms with Gasteiger partial charge in [0.15, 0.2) is 0 Å². The van der Waals surface area contributed by atoms with Crippen LogP contribution in [0.15, 0.2) is 49.1 Å². The van der Waals surface area contributed by atoms with E-state index < -0.39 is 11.8 Å². The maximum atomic E-state index is 11.1. The van der Waals surface area contributed by atoms with E-state index in [1.54, 1.807) is 6.08 Å². The molecule has 0 saturated heterocycles. The van der Waals surface area contributed by atoms with Crippen molar-refractivity contribution in [2.75, 3.05) is 0 Å². The summed E-state index contributed by atoms with van der Waals surface area (Å²) in [7, 11) is 0. The van der Waals surface area contributed by atoms with Crippen LogP contribution in [0.5, 0.6) is 0 Å². The molecule has 1 aromatic carbocycles. The van der Waals surface area contributed by atoms with E-state index in [0.29, 0.717) is 0 Å². The molecule has 76 valence electrons. The number of nitrogens with one attached hydrogen (secondary N) is 1. The molecule has 2 amide bonds. The molecule has 3 heteroatoms. The average Bonchev–Trinajstić information content (AvgIpc) is 2.27. The normalized spacial score (nSPS) is 9.87. The Morgan fingerprint density at radius 3 is 2.40 bits per heavy atom. The summed E-state index contributed by atoms with van der Waals surface area (Å²) in [4.78, 5) is 21.9. The van der Waals surface area contributed by atoms with Gasteiger partial charge in [0.05, 0.1) is 0 Å².